The molecule has 0 atom stereocenters. The Morgan fingerprint density at radius 3 is 2.66 bits per heavy atom. The zero-order valence-electron chi connectivity index (χ0n) is 17.9. The van der Waals surface area contributed by atoms with Gasteiger partial charge in [-0.05, 0) is 45.8 Å². The summed E-state index contributed by atoms with van der Waals surface area (Å²) in [4.78, 5) is 23.1. The smallest absolute Gasteiger partial charge is 0.307 e. The molecule has 10 heteroatoms. The highest BCUT2D eigenvalue weighted by atomic mass is 79.9. The molecule has 1 N–H and O–H groups in total. The number of carbonyl (C=O) groups is 1. The predicted molar refractivity (Wildman–Crippen MR) is 141 cm³/mol. The van der Waals surface area contributed by atoms with Crippen molar-refractivity contribution in [3.05, 3.63) is 109 Å². The molecule has 0 radical (unpaired) electrons. The molecule has 5 rings (SSSR count). The fourth-order valence-corrected chi connectivity index (χ4v) is 5.17. The Hall–Kier alpha value is -3.76. The molecule has 0 fully saturated rings. The van der Waals surface area contributed by atoms with E-state index in [1.165, 1.54) is 12.1 Å². The summed E-state index contributed by atoms with van der Waals surface area (Å²) in [6.07, 6.45) is 3.51. The minimum Gasteiger partial charge on any atom is -0.450 e. The number of hydrogen-bond acceptors (Lipinski definition) is 5. The third-order valence-corrected chi connectivity index (χ3v) is 6.50. The van der Waals surface area contributed by atoms with Gasteiger partial charge in [0.1, 0.15) is 5.58 Å². The quantitative estimate of drug-likeness (QED) is 0.135. The van der Waals surface area contributed by atoms with Crippen LogP contribution in [0, 0.1) is 10.1 Å². The van der Waals surface area contributed by atoms with Crippen molar-refractivity contribution in [2.75, 3.05) is 0 Å². The number of nitro groups is 1. The van der Waals surface area contributed by atoms with Gasteiger partial charge < -0.3 is 8.98 Å². The largest absolute Gasteiger partial charge is 0.450 e. The number of para-hydroxylation sites is 1. The van der Waals surface area contributed by atoms with E-state index in [0.29, 0.717) is 12.1 Å². The van der Waals surface area contributed by atoms with Crippen LogP contribution in [0.25, 0.3) is 21.9 Å². The van der Waals surface area contributed by atoms with Gasteiger partial charge in [-0.25, -0.2) is 5.43 Å². The lowest BCUT2D eigenvalue weighted by Crippen LogP contribution is -2.16. The van der Waals surface area contributed by atoms with Crippen LogP contribution in [0.1, 0.15) is 21.7 Å². The Kier molecular flexibility index (Phi) is 6.23. The fourth-order valence-electron chi connectivity index (χ4n) is 3.83. The molecule has 3 aromatic carbocycles. The maximum absolute atomic E-state index is 12.6. The molecular weight excluding hydrogens is 580 g/mol. The van der Waals surface area contributed by atoms with Crippen LogP contribution in [-0.4, -0.2) is 21.6 Å². The van der Waals surface area contributed by atoms with Crippen LogP contribution in [0.3, 0.4) is 0 Å². The van der Waals surface area contributed by atoms with Crippen LogP contribution < -0.4 is 5.43 Å². The van der Waals surface area contributed by atoms with Crippen LogP contribution in [-0.2, 0) is 6.54 Å². The highest BCUT2D eigenvalue weighted by molar-refractivity contribution is 9.11. The number of nitro benzene ring substituents is 1. The monoisotopic (exact) mass is 594 g/mol. The maximum atomic E-state index is 12.6. The Labute approximate surface area is 215 Å². The second kappa shape index (κ2) is 9.47. The third kappa shape index (κ3) is 4.75. The molecule has 0 aliphatic heterocycles. The molecule has 5 aromatic rings. The predicted octanol–water partition coefficient (Wildman–Crippen LogP) is 6.63. The van der Waals surface area contributed by atoms with Gasteiger partial charge in [-0.3, -0.25) is 14.9 Å². The van der Waals surface area contributed by atoms with E-state index < -0.39 is 10.8 Å². The number of nitrogens with one attached hydrogen (secondary N) is 1. The fraction of sp³-hybridized carbons (Fsp3) is 0.0400. The number of fused-ring (bicyclic) bond motifs is 2. The molecule has 2 heterocycles. The van der Waals surface area contributed by atoms with Gasteiger partial charge in [-0.2, -0.15) is 5.10 Å². The van der Waals surface area contributed by atoms with Crippen LogP contribution >= 0.6 is 31.9 Å². The molecule has 2 aromatic heterocycles. The van der Waals surface area contributed by atoms with Gasteiger partial charge in [0.2, 0.25) is 0 Å². The molecule has 1 amide bonds. The molecule has 0 unspecified atom stereocenters. The Bertz CT molecular complexity index is 1620. The van der Waals surface area contributed by atoms with Crippen molar-refractivity contribution in [1.29, 1.82) is 0 Å². The lowest BCUT2D eigenvalue weighted by atomic mass is 10.2. The Balaban J connectivity index is 1.36. The Morgan fingerprint density at radius 2 is 1.89 bits per heavy atom. The molecular formula is C25H16Br2N4O4. The number of rotatable bonds is 6. The number of nitrogens with zero attached hydrogens (tertiary/aromatic N) is 3. The number of carbonyl (C=O) groups excluding carboxylic acids is 1. The number of halogens is 2. The number of aromatic nitrogens is 1. The van der Waals surface area contributed by atoms with Crippen LogP contribution in [0.4, 0.5) is 5.69 Å². The van der Waals surface area contributed by atoms with E-state index in [9.17, 15) is 14.9 Å². The van der Waals surface area contributed by atoms with E-state index in [2.05, 4.69) is 42.4 Å². The first-order valence-corrected chi connectivity index (χ1v) is 12.0. The SMILES string of the molecule is O=C(N/N=C\c1cn(Cc2ccc([N+](=O)[O-])cc2)c2ccccc12)c1cc2cc(Br)cc(Br)c2o1. The van der Waals surface area contributed by atoms with Crippen molar-refractivity contribution < 1.29 is 14.1 Å². The summed E-state index contributed by atoms with van der Waals surface area (Å²) >= 11 is 6.86. The van der Waals surface area contributed by atoms with Gasteiger partial charge in [-0.15, -0.1) is 0 Å². The van der Waals surface area contributed by atoms with Crippen molar-refractivity contribution in [1.82, 2.24) is 9.99 Å². The summed E-state index contributed by atoms with van der Waals surface area (Å²) in [7, 11) is 0. The first-order chi connectivity index (χ1) is 16.9. The molecule has 8 nitrogen and oxygen atoms in total. The van der Waals surface area contributed by atoms with Gasteiger partial charge in [0.25, 0.3) is 5.69 Å². The molecule has 0 aliphatic carbocycles. The molecule has 0 spiro atoms. The number of hydrazone groups is 1. The standard InChI is InChI=1S/C25H16Br2N4O4/c26-18-9-16-10-23(35-24(16)21(27)11-18)25(32)29-28-12-17-14-30(22-4-2-1-3-20(17)22)13-15-5-7-19(8-6-15)31(33)34/h1-12,14H,13H2,(H,29,32)/b28-12-. The number of hydrogen-bond donors (Lipinski definition) is 1. The second-order valence-electron chi connectivity index (χ2n) is 7.77. The van der Waals surface area contributed by atoms with Crippen LogP contribution in [0.15, 0.2) is 91.4 Å². The minimum atomic E-state index is -0.463. The summed E-state index contributed by atoms with van der Waals surface area (Å²) in [6.45, 7) is 0.530. The molecule has 0 bridgehead atoms. The second-order valence-corrected chi connectivity index (χ2v) is 9.54. The number of benzene rings is 3. The van der Waals surface area contributed by atoms with E-state index in [-0.39, 0.29) is 11.4 Å². The van der Waals surface area contributed by atoms with Gasteiger partial charge in [0, 0.05) is 51.2 Å². The van der Waals surface area contributed by atoms with E-state index in [4.69, 9.17) is 4.42 Å². The van der Waals surface area contributed by atoms with Gasteiger partial charge in [-0.1, -0.05) is 46.3 Å². The lowest BCUT2D eigenvalue weighted by Gasteiger charge is -2.05. The molecule has 35 heavy (non-hydrogen) atoms. The van der Waals surface area contributed by atoms with E-state index in [1.807, 2.05) is 47.2 Å². The Morgan fingerprint density at radius 1 is 1.11 bits per heavy atom. The summed E-state index contributed by atoms with van der Waals surface area (Å²) in [6, 6.07) is 19.7. The van der Waals surface area contributed by atoms with E-state index >= 15 is 0 Å². The lowest BCUT2D eigenvalue weighted by molar-refractivity contribution is -0.384. The van der Waals surface area contributed by atoms with Crippen molar-refractivity contribution in [2.24, 2.45) is 5.10 Å². The maximum Gasteiger partial charge on any atom is 0.307 e. The van der Waals surface area contributed by atoms with Gasteiger partial charge >= 0.3 is 5.91 Å². The summed E-state index contributed by atoms with van der Waals surface area (Å²) in [5, 5.41) is 16.8. The average Bonchev–Trinajstić information content (AvgIpc) is 3.42. The van der Waals surface area contributed by atoms with Crippen molar-refractivity contribution in [3.63, 3.8) is 0 Å². The zero-order chi connectivity index (χ0) is 24.5. The number of furan rings is 1. The molecule has 0 saturated heterocycles. The number of non-ortho nitro benzene ring substituents is 1. The first kappa shape index (κ1) is 23.0. The zero-order valence-corrected chi connectivity index (χ0v) is 21.1. The number of amides is 1. The van der Waals surface area contributed by atoms with Crippen LogP contribution in [0.5, 0.6) is 0 Å². The highest BCUT2D eigenvalue weighted by Crippen LogP contribution is 2.31. The normalized spacial score (nSPS) is 11.5. The topological polar surface area (TPSA) is 103 Å². The summed E-state index contributed by atoms with van der Waals surface area (Å²) < 4.78 is 9.33. The van der Waals surface area contributed by atoms with Crippen LogP contribution in [0.2, 0.25) is 0 Å². The third-order valence-electron chi connectivity index (χ3n) is 5.45. The van der Waals surface area contributed by atoms with E-state index in [1.54, 1.807) is 24.4 Å². The summed E-state index contributed by atoms with van der Waals surface area (Å²) in [5.74, 6) is -0.313. The minimum absolute atomic E-state index is 0.0547. The van der Waals surface area contributed by atoms with E-state index in [0.717, 1.165) is 36.4 Å². The van der Waals surface area contributed by atoms with Crippen molar-refractivity contribution >= 4 is 71.5 Å². The van der Waals surface area contributed by atoms with Gasteiger partial charge in [0.15, 0.2) is 5.76 Å². The molecule has 0 aliphatic rings. The molecule has 0 saturated carbocycles. The molecule has 174 valence electrons. The average molecular weight is 596 g/mol. The van der Waals surface area contributed by atoms with Crippen molar-refractivity contribution in [2.45, 2.75) is 6.54 Å². The highest BCUT2D eigenvalue weighted by Gasteiger charge is 2.14. The van der Waals surface area contributed by atoms with Gasteiger partial charge in [0.05, 0.1) is 15.6 Å². The first-order valence-electron chi connectivity index (χ1n) is 10.4. The van der Waals surface area contributed by atoms with Crippen molar-refractivity contribution in [3.8, 4) is 0 Å². The summed E-state index contributed by atoms with van der Waals surface area (Å²) in [5.41, 5.74) is 5.88.